The van der Waals surface area contributed by atoms with Gasteiger partial charge < -0.3 is 29.3 Å². The minimum absolute atomic E-state index is 0.180. The Morgan fingerprint density at radius 2 is 1.61 bits per heavy atom. The lowest BCUT2D eigenvalue weighted by molar-refractivity contribution is 0.208. The third-order valence-electron chi connectivity index (χ3n) is 5.56. The summed E-state index contributed by atoms with van der Waals surface area (Å²) in [5.41, 5.74) is 2.30. The second-order valence-corrected chi connectivity index (χ2v) is 7.48. The normalized spacial score (nSPS) is 13.4. The van der Waals surface area contributed by atoms with Gasteiger partial charge in [-0.1, -0.05) is 12.1 Å². The van der Waals surface area contributed by atoms with Gasteiger partial charge in [0.25, 0.3) is 0 Å². The predicted octanol–water partition coefficient (Wildman–Crippen LogP) is 3.52. The van der Waals surface area contributed by atoms with Crippen LogP contribution in [0.2, 0.25) is 0 Å². The highest BCUT2D eigenvalue weighted by Gasteiger charge is 2.23. The number of amides is 2. The summed E-state index contributed by atoms with van der Waals surface area (Å²) in [6, 6.07) is 16.7. The molecular weight excluding hydrogens is 422 g/mol. The largest absolute Gasteiger partial charge is 0.497 e. The fourth-order valence-corrected chi connectivity index (χ4v) is 3.67. The van der Waals surface area contributed by atoms with E-state index in [9.17, 15) is 4.79 Å². The Bertz CT molecular complexity index is 1100. The zero-order chi connectivity index (χ0) is 23.2. The lowest BCUT2D eigenvalue weighted by atomic mass is 10.1. The van der Waals surface area contributed by atoms with E-state index in [1.807, 2.05) is 36.4 Å². The molecule has 0 saturated carbocycles. The highest BCUT2D eigenvalue weighted by atomic mass is 16.5. The van der Waals surface area contributed by atoms with E-state index in [4.69, 9.17) is 14.2 Å². The maximum absolute atomic E-state index is 12.8. The first kappa shape index (κ1) is 22.2. The van der Waals surface area contributed by atoms with Crippen LogP contribution in [0.3, 0.4) is 0 Å². The van der Waals surface area contributed by atoms with Gasteiger partial charge in [0.15, 0.2) is 5.82 Å². The Morgan fingerprint density at radius 1 is 0.848 bits per heavy atom. The number of carbonyl (C=O) groups is 1. The Labute approximate surface area is 192 Å². The van der Waals surface area contributed by atoms with Crippen LogP contribution in [-0.2, 0) is 0 Å². The fourth-order valence-electron chi connectivity index (χ4n) is 3.67. The second-order valence-electron chi connectivity index (χ2n) is 7.48. The molecular formula is C24H27N5O4. The Hall–Kier alpha value is -4.01. The molecule has 0 radical (unpaired) electrons. The van der Waals surface area contributed by atoms with E-state index in [1.165, 1.54) is 0 Å². The predicted molar refractivity (Wildman–Crippen MR) is 126 cm³/mol. The van der Waals surface area contributed by atoms with Crippen LogP contribution in [0.4, 0.5) is 16.3 Å². The molecule has 0 spiro atoms. The SMILES string of the molecule is COc1cccc(-c2ccc(N3CCN(C(=O)Nc4cc(OC)ccc4OC)CC3)nn2)c1. The molecule has 3 aromatic rings. The summed E-state index contributed by atoms with van der Waals surface area (Å²) < 4.78 is 15.9. The molecule has 172 valence electrons. The number of ether oxygens (including phenoxy) is 3. The Morgan fingerprint density at radius 3 is 2.27 bits per heavy atom. The molecule has 1 aliphatic rings. The molecule has 0 bridgehead atoms. The smallest absolute Gasteiger partial charge is 0.322 e. The molecule has 0 unspecified atom stereocenters. The van der Waals surface area contributed by atoms with E-state index >= 15 is 0 Å². The van der Waals surface area contributed by atoms with Gasteiger partial charge in [-0.2, -0.15) is 0 Å². The van der Waals surface area contributed by atoms with Crippen LogP contribution < -0.4 is 24.4 Å². The van der Waals surface area contributed by atoms with Crippen molar-refractivity contribution in [1.82, 2.24) is 15.1 Å². The highest BCUT2D eigenvalue weighted by Crippen LogP contribution is 2.29. The van der Waals surface area contributed by atoms with Crippen LogP contribution in [0, 0.1) is 0 Å². The van der Waals surface area contributed by atoms with Crippen molar-refractivity contribution in [1.29, 1.82) is 0 Å². The van der Waals surface area contributed by atoms with Crippen molar-refractivity contribution in [3.05, 3.63) is 54.6 Å². The van der Waals surface area contributed by atoms with Crippen LogP contribution in [0.1, 0.15) is 0 Å². The van der Waals surface area contributed by atoms with Crippen LogP contribution in [0.15, 0.2) is 54.6 Å². The van der Waals surface area contributed by atoms with E-state index in [0.29, 0.717) is 43.4 Å². The maximum Gasteiger partial charge on any atom is 0.322 e. The second kappa shape index (κ2) is 10.1. The summed E-state index contributed by atoms with van der Waals surface area (Å²) in [6.45, 7) is 2.46. The van der Waals surface area contributed by atoms with Crippen molar-refractivity contribution in [2.24, 2.45) is 0 Å². The maximum atomic E-state index is 12.8. The molecule has 4 rings (SSSR count). The topological polar surface area (TPSA) is 89.1 Å². The number of rotatable bonds is 6. The van der Waals surface area contributed by atoms with Gasteiger partial charge in [0.05, 0.1) is 32.7 Å². The molecule has 33 heavy (non-hydrogen) atoms. The molecule has 9 nitrogen and oxygen atoms in total. The molecule has 2 amide bonds. The Kier molecular flexibility index (Phi) is 6.77. The molecule has 1 N–H and O–H groups in total. The molecule has 9 heteroatoms. The van der Waals surface area contributed by atoms with Crippen LogP contribution in [0.5, 0.6) is 17.2 Å². The van der Waals surface area contributed by atoms with Crippen LogP contribution >= 0.6 is 0 Å². The molecule has 1 aliphatic heterocycles. The third kappa shape index (κ3) is 5.08. The van der Waals surface area contributed by atoms with Gasteiger partial charge in [0.2, 0.25) is 0 Å². The number of nitrogens with zero attached hydrogens (tertiary/aromatic N) is 4. The van der Waals surface area contributed by atoms with Crippen LogP contribution in [0.25, 0.3) is 11.3 Å². The average Bonchev–Trinajstić information content (AvgIpc) is 2.88. The number of methoxy groups -OCH3 is 3. The van der Waals surface area contributed by atoms with Crippen molar-refractivity contribution in [2.75, 3.05) is 57.7 Å². The zero-order valence-electron chi connectivity index (χ0n) is 18.9. The summed E-state index contributed by atoms with van der Waals surface area (Å²) in [5, 5.41) is 11.7. The van der Waals surface area contributed by atoms with Gasteiger partial charge in [-0.25, -0.2) is 4.79 Å². The number of hydrogen-bond acceptors (Lipinski definition) is 7. The summed E-state index contributed by atoms with van der Waals surface area (Å²) in [5.74, 6) is 2.79. The standard InChI is InChI=1S/C24H27N5O4/c1-31-18-6-4-5-17(15-18)20-8-10-23(27-26-20)28-11-13-29(14-12-28)24(30)25-21-16-19(32-2)7-9-22(21)33-3/h4-10,15-16H,11-14H2,1-3H3,(H,25,30). The monoisotopic (exact) mass is 449 g/mol. The lowest BCUT2D eigenvalue weighted by Gasteiger charge is -2.35. The first-order chi connectivity index (χ1) is 16.1. The number of urea groups is 1. The Balaban J connectivity index is 1.36. The number of aromatic nitrogens is 2. The highest BCUT2D eigenvalue weighted by molar-refractivity contribution is 5.91. The first-order valence-electron chi connectivity index (χ1n) is 10.6. The van der Waals surface area contributed by atoms with Gasteiger partial charge in [-0.15, -0.1) is 10.2 Å². The molecule has 0 atom stereocenters. The van der Waals surface area contributed by atoms with Gasteiger partial charge in [0, 0.05) is 37.8 Å². The summed E-state index contributed by atoms with van der Waals surface area (Å²) in [4.78, 5) is 16.7. The molecule has 1 saturated heterocycles. The number of hydrogen-bond donors (Lipinski definition) is 1. The molecule has 1 fully saturated rings. The number of nitrogens with one attached hydrogen (secondary N) is 1. The number of benzene rings is 2. The van der Waals surface area contributed by atoms with Crippen molar-refractivity contribution in [3.63, 3.8) is 0 Å². The molecule has 2 aromatic carbocycles. The lowest BCUT2D eigenvalue weighted by Crippen LogP contribution is -2.50. The van der Waals surface area contributed by atoms with Crippen molar-refractivity contribution < 1.29 is 19.0 Å². The average molecular weight is 450 g/mol. The zero-order valence-corrected chi connectivity index (χ0v) is 18.9. The van der Waals surface area contributed by atoms with E-state index in [2.05, 4.69) is 20.4 Å². The molecule has 0 aliphatic carbocycles. The van der Waals surface area contributed by atoms with Gasteiger partial charge >= 0.3 is 6.03 Å². The molecule has 1 aromatic heterocycles. The van der Waals surface area contributed by atoms with Crippen molar-refractivity contribution in [2.45, 2.75) is 0 Å². The van der Waals surface area contributed by atoms with Crippen molar-refractivity contribution >= 4 is 17.5 Å². The summed E-state index contributed by atoms with van der Waals surface area (Å²) >= 11 is 0. The fraction of sp³-hybridized carbons (Fsp3) is 0.292. The number of piperazine rings is 1. The minimum atomic E-state index is -0.180. The quantitative estimate of drug-likeness (QED) is 0.616. The van der Waals surface area contributed by atoms with E-state index < -0.39 is 0 Å². The van der Waals surface area contributed by atoms with E-state index in [-0.39, 0.29) is 6.03 Å². The minimum Gasteiger partial charge on any atom is -0.497 e. The van der Waals surface area contributed by atoms with Crippen LogP contribution in [-0.4, -0.2) is 68.6 Å². The molecule has 2 heterocycles. The summed E-state index contributed by atoms with van der Waals surface area (Å²) in [6.07, 6.45) is 0. The number of carbonyl (C=O) groups excluding carboxylic acids is 1. The van der Waals surface area contributed by atoms with Gasteiger partial charge in [0.1, 0.15) is 17.2 Å². The number of anilines is 2. The van der Waals surface area contributed by atoms with Crippen molar-refractivity contribution in [3.8, 4) is 28.5 Å². The van der Waals surface area contributed by atoms with E-state index in [0.717, 1.165) is 22.8 Å². The summed E-state index contributed by atoms with van der Waals surface area (Å²) in [7, 11) is 4.79. The van der Waals surface area contributed by atoms with E-state index in [1.54, 1.807) is 44.4 Å². The third-order valence-corrected chi connectivity index (χ3v) is 5.56. The van der Waals surface area contributed by atoms with Gasteiger partial charge in [-0.3, -0.25) is 0 Å². The van der Waals surface area contributed by atoms with Gasteiger partial charge in [-0.05, 0) is 36.4 Å². The first-order valence-corrected chi connectivity index (χ1v) is 10.6.